The van der Waals surface area contributed by atoms with Crippen molar-refractivity contribution in [2.45, 2.75) is 0 Å². The average molecular weight is 276 g/mol. The Bertz CT molecular complexity index is 612. The van der Waals surface area contributed by atoms with E-state index in [9.17, 15) is 9.18 Å². The maximum atomic E-state index is 13.3. The number of fused-ring (bicyclic) bond motifs is 1. The molecular weight excluding hydrogens is 263 g/mol. The van der Waals surface area contributed by atoms with Crippen molar-refractivity contribution < 1.29 is 9.18 Å². The van der Waals surface area contributed by atoms with Crippen molar-refractivity contribution in [3.8, 4) is 0 Å². The van der Waals surface area contributed by atoms with Gasteiger partial charge in [-0.25, -0.2) is 4.39 Å². The first-order valence-electron chi connectivity index (χ1n) is 6.03. The highest BCUT2D eigenvalue weighted by atomic mass is 32.1. The fourth-order valence-electron chi connectivity index (χ4n) is 2.27. The van der Waals surface area contributed by atoms with Crippen molar-refractivity contribution >= 4 is 28.6 Å². The fraction of sp³-hybridized carbons (Fsp3) is 0.214. The molecule has 0 fully saturated rings. The highest BCUT2D eigenvalue weighted by Crippen LogP contribution is 2.34. The lowest BCUT2D eigenvalue weighted by Crippen LogP contribution is -2.42. The molecule has 1 aromatic carbocycles. The van der Waals surface area contributed by atoms with E-state index < -0.39 is 0 Å². The van der Waals surface area contributed by atoms with Gasteiger partial charge in [-0.3, -0.25) is 4.79 Å². The summed E-state index contributed by atoms with van der Waals surface area (Å²) in [5.41, 5.74) is 1.53. The molecular formula is C14H13FN2OS. The second-order valence-corrected chi connectivity index (χ2v) is 5.44. The largest absolute Gasteiger partial charge is 0.371 e. The van der Waals surface area contributed by atoms with E-state index in [1.165, 1.54) is 23.5 Å². The van der Waals surface area contributed by atoms with E-state index in [-0.39, 0.29) is 11.7 Å². The summed E-state index contributed by atoms with van der Waals surface area (Å²) in [6, 6.07) is 8.22. The predicted octanol–water partition coefficient (Wildman–Crippen LogP) is 2.98. The number of carbonyl (C=O) groups excluding carboxylic acids is 1. The van der Waals surface area contributed by atoms with Gasteiger partial charge in [-0.05, 0) is 29.6 Å². The van der Waals surface area contributed by atoms with Gasteiger partial charge >= 0.3 is 0 Å². The minimum Gasteiger partial charge on any atom is -0.371 e. The molecule has 1 aliphatic heterocycles. The van der Waals surface area contributed by atoms with Crippen LogP contribution in [0.3, 0.4) is 0 Å². The zero-order valence-corrected chi connectivity index (χ0v) is 11.3. The number of anilines is 2. The topological polar surface area (TPSA) is 23.6 Å². The predicted molar refractivity (Wildman–Crippen MR) is 75.7 cm³/mol. The molecule has 1 aliphatic rings. The summed E-state index contributed by atoms with van der Waals surface area (Å²) in [5, 5.41) is 1.88. The second kappa shape index (κ2) is 4.66. The molecule has 0 saturated carbocycles. The van der Waals surface area contributed by atoms with Gasteiger partial charge in [0.05, 0.1) is 16.3 Å². The van der Waals surface area contributed by atoms with Gasteiger partial charge in [0.15, 0.2) is 0 Å². The van der Waals surface area contributed by atoms with Gasteiger partial charge < -0.3 is 9.80 Å². The van der Waals surface area contributed by atoms with Gasteiger partial charge in [-0.15, -0.1) is 11.3 Å². The maximum Gasteiger partial charge on any atom is 0.268 e. The Morgan fingerprint density at radius 2 is 2.11 bits per heavy atom. The monoisotopic (exact) mass is 276 g/mol. The van der Waals surface area contributed by atoms with E-state index in [4.69, 9.17) is 0 Å². The summed E-state index contributed by atoms with van der Waals surface area (Å²) >= 11 is 1.42. The van der Waals surface area contributed by atoms with Crippen LogP contribution >= 0.6 is 11.3 Å². The van der Waals surface area contributed by atoms with Crippen LogP contribution in [0, 0.1) is 5.82 Å². The maximum absolute atomic E-state index is 13.3. The van der Waals surface area contributed by atoms with E-state index in [0.29, 0.717) is 18.0 Å². The van der Waals surface area contributed by atoms with Crippen LogP contribution in [0.5, 0.6) is 0 Å². The number of halogens is 1. The van der Waals surface area contributed by atoms with E-state index in [0.717, 1.165) is 11.4 Å². The number of amides is 1. The Kier molecular flexibility index (Phi) is 2.98. The van der Waals surface area contributed by atoms with Gasteiger partial charge in [0, 0.05) is 20.1 Å². The van der Waals surface area contributed by atoms with Crippen LogP contribution in [0.15, 0.2) is 35.7 Å². The van der Waals surface area contributed by atoms with Crippen molar-refractivity contribution in [2.24, 2.45) is 0 Å². The lowest BCUT2D eigenvalue weighted by atomic mass is 10.1. The molecule has 0 atom stereocenters. The molecule has 3 nitrogen and oxygen atoms in total. The fourth-order valence-corrected chi connectivity index (χ4v) is 2.94. The summed E-state index contributed by atoms with van der Waals surface area (Å²) in [6.45, 7) is 1.32. The highest BCUT2D eigenvalue weighted by Gasteiger charge is 2.26. The average Bonchev–Trinajstić information content (AvgIpc) is 2.93. The number of hydrogen-bond donors (Lipinski definition) is 0. The van der Waals surface area contributed by atoms with E-state index in [2.05, 4.69) is 0 Å². The van der Waals surface area contributed by atoms with Gasteiger partial charge in [0.25, 0.3) is 5.91 Å². The Morgan fingerprint density at radius 1 is 1.26 bits per heavy atom. The van der Waals surface area contributed by atoms with Gasteiger partial charge in [-0.2, -0.15) is 0 Å². The van der Waals surface area contributed by atoms with Crippen LogP contribution in [-0.4, -0.2) is 26.0 Å². The van der Waals surface area contributed by atoms with Gasteiger partial charge in [-0.1, -0.05) is 6.07 Å². The minimum atomic E-state index is -0.281. The molecule has 5 heteroatoms. The Labute approximate surface area is 114 Å². The molecule has 0 aliphatic carbocycles. The Balaban J connectivity index is 2.02. The van der Waals surface area contributed by atoms with Crippen LogP contribution in [-0.2, 0) is 0 Å². The molecule has 98 valence electrons. The Morgan fingerprint density at radius 3 is 2.84 bits per heavy atom. The van der Waals surface area contributed by atoms with E-state index in [1.54, 1.807) is 11.0 Å². The zero-order valence-electron chi connectivity index (χ0n) is 10.5. The molecule has 1 amide bonds. The molecule has 0 N–H and O–H groups in total. The molecule has 0 unspecified atom stereocenters. The molecule has 0 spiro atoms. The highest BCUT2D eigenvalue weighted by molar-refractivity contribution is 7.12. The summed E-state index contributed by atoms with van der Waals surface area (Å²) in [6.07, 6.45) is 0. The normalized spacial score (nSPS) is 14.4. The third-order valence-electron chi connectivity index (χ3n) is 3.28. The van der Waals surface area contributed by atoms with Crippen molar-refractivity contribution in [3.63, 3.8) is 0 Å². The molecule has 0 saturated heterocycles. The summed E-state index contributed by atoms with van der Waals surface area (Å²) in [5.74, 6) is -0.299. The van der Waals surface area contributed by atoms with Crippen molar-refractivity contribution in [1.29, 1.82) is 0 Å². The van der Waals surface area contributed by atoms with Crippen molar-refractivity contribution in [2.75, 3.05) is 29.9 Å². The van der Waals surface area contributed by atoms with Crippen molar-refractivity contribution in [3.05, 3.63) is 46.4 Å². The van der Waals surface area contributed by atoms with Crippen LogP contribution in [0.25, 0.3) is 0 Å². The Hall–Kier alpha value is -1.88. The van der Waals surface area contributed by atoms with Crippen LogP contribution in [0.2, 0.25) is 0 Å². The first kappa shape index (κ1) is 12.2. The number of rotatable bonds is 1. The molecule has 0 bridgehead atoms. The summed E-state index contributed by atoms with van der Waals surface area (Å²) in [4.78, 5) is 16.8. The number of hydrogen-bond acceptors (Lipinski definition) is 3. The lowest BCUT2D eigenvalue weighted by molar-refractivity contribution is 0.0990. The minimum absolute atomic E-state index is 0.0176. The van der Waals surface area contributed by atoms with Gasteiger partial charge in [0.1, 0.15) is 5.82 Å². The van der Waals surface area contributed by atoms with Crippen LogP contribution in [0.1, 0.15) is 9.67 Å². The number of likely N-dealkylation sites (N-methyl/N-ethyl adjacent to an activating group) is 1. The molecule has 2 heterocycles. The standard InChI is InChI=1S/C14H13FN2OS/c1-16-6-7-17(14(18)13-3-2-8-19-13)11-5-4-10(15)9-12(11)16/h2-5,8-9H,6-7H2,1H3. The van der Waals surface area contributed by atoms with E-state index in [1.807, 2.05) is 29.5 Å². The van der Waals surface area contributed by atoms with Crippen LogP contribution < -0.4 is 9.80 Å². The number of thiophene rings is 1. The first-order chi connectivity index (χ1) is 9.16. The second-order valence-electron chi connectivity index (χ2n) is 4.49. The molecule has 0 radical (unpaired) electrons. The zero-order chi connectivity index (χ0) is 13.4. The summed E-state index contributed by atoms with van der Waals surface area (Å²) in [7, 11) is 1.91. The smallest absolute Gasteiger partial charge is 0.268 e. The quantitative estimate of drug-likeness (QED) is 0.799. The van der Waals surface area contributed by atoms with Crippen molar-refractivity contribution in [1.82, 2.24) is 0 Å². The number of carbonyl (C=O) groups is 1. The van der Waals surface area contributed by atoms with Crippen LogP contribution in [0.4, 0.5) is 15.8 Å². The molecule has 2 aromatic rings. The summed E-state index contributed by atoms with van der Waals surface area (Å²) < 4.78 is 13.3. The first-order valence-corrected chi connectivity index (χ1v) is 6.91. The SMILES string of the molecule is CN1CCN(C(=O)c2cccs2)c2ccc(F)cc21. The molecule has 3 rings (SSSR count). The molecule has 1 aromatic heterocycles. The van der Waals surface area contributed by atoms with Gasteiger partial charge in [0.2, 0.25) is 0 Å². The third kappa shape index (κ3) is 2.10. The number of benzene rings is 1. The third-order valence-corrected chi connectivity index (χ3v) is 4.13. The molecule has 19 heavy (non-hydrogen) atoms. The lowest BCUT2D eigenvalue weighted by Gasteiger charge is -2.35. The number of nitrogens with zero attached hydrogens (tertiary/aromatic N) is 2. The van der Waals surface area contributed by atoms with E-state index >= 15 is 0 Å².